The van der Waals surface area contributed by atoms with Gasteiger partial charge in [0.2, 0.25) is 0 Å². The Morgan fingerprint density at radius 1 is 1.10 bits per heavy atom. The first-order chi connectivity index (χ1) is 10.1. The summed E-state index contributed by atoms with van der Waals surface area (Å²) < 4.78 is 0. The van der Waals surface area contributed by atoms with Crippen LogP contribution in [-0.2, 0) is 0 Å². The fourth-order valence-corrected chi connectivity index (χ4v) is 3.33. The lowest BCUT2D eigenvalue weighted by molar-refractivity contribution is 0.0697. The molecular weight excluding hydrogens is 304 g/mol. The minimum Gasteiger partial charge on any atom is -0.478 e. The summed E-state index contributed by atoms with van der Waals surface area (Å²) in [6.45, 7) is 2.24. The monoisotopic (exact) mass is 328 g/mol. The second-order valence-electron chi connectivity index (χ2n) is 5.27. The van der Waals surface area contributed by atoms with Gasteiger partial charge in [0.15, 0.2) is 0 Å². The highest BCUT2D eigenvalue weighted by atomic mass is 35.5. The van der Waals surface area contributed by atoms with Crippen molar-refractivity contribution in [3.8, 4) is 0 Å². The van der Waals surface area contributed by atoms with E-state index < -0.39 is 5.97 Å². The molecule has 0 unspecified atom stereocenters. The van der Waals surface area contributed by atoms with Gasteiger partial charge in [-0.05, 0) is 30.4 Å². The predicted molar refractivity (Wildman–Crippen MR) is 91.7 cm³/mol. The molecule has 0 amide bonds. The molecule has 21 heavy (non-hydrogen) atoms. The molecule has 0 heterocycles. The number of carboxylic acids is 1. The van der Waals surface area contributed by atoms with Crippen LogP contribution in [0.5, 0.6) is 0 Å². The van der Waals surface area contributed by atoms with Crippen LogP contribution in [0.4, 0.5) is 0 Å². The predicted octanol–water partition coefficient (Wildman–Crippen LogP) is 6.27. The third-order valence-electron chi connectivity index (χ3n) is 3.43. The van der Waals surface area contributed by atoms with Crippen molar-refractivity contribution in [3.63, 3.8) is 0 Å². The fourth-order valence-electron chi connectivity index (χ4n) is 2.18. The van der Waals surface area contributed by atoms with Crippen LogP contribution in [-0.4, -0.2) is 16.8 Å². The van der Waals surface area contributed by atoms with Gasteiger partial charge < -0.3 is 5.11 Å². The van der Waals surface area contributed by atoms with Crippen molar-refractivity contribution in [2.45, 2.75) is 63.2 Å². The Morgan fingerprint density at radius 3 is 2.33 bits per heavy atom. The van der Waals surface area contributed by atoms with Gasteiger partial charge in [-0.25, -0.2) is 4.79 Å². The summed E-state index contributed by atoms with van der Waals surface area (Å²) in [5, 5.41) is 9.33. The zero-order valence-electron chi connectivity index (χ0n) is 12.7. The van der Waals surface area contributed by atoms with Gasteiger partial charge >= 0.3 is 5.97 Å². The molecule has 0 spiro atoms. The second kappa shape index (κ2) is 11.0. The van der Waals surface area contributed by atoms with Gasteiger partial charge in [0, 0.05) is 4.90 Å². The molecule has 1 aromatic carbocycles. The summed E-state index contributed by atoms with van der Waals surface area (Å²) in [6.07, 6.45) is 10.5. The molecule has 0 saturated carbocycles. The second-order valence-corrected chi connectivity index (χ2v) is 6.85. The Morgan fingerprint density at radius 2 is 1.71 bits per heavy atom. The number of hydrogen-bond acceptors (Lipinski definition) is 2. The Balaban J connectivity index is 2.16. The molecule has 0 aliphatic heterocycles. The topological polar surface area (TPSA) is 37.3 Å². The van der Waals surface area contributed by atoms with Crippen molar-refractivity contribution in [2.24, 2.45) is 0 Å². The summed E-state index contributed by atoms with van der Waals surface area (Å²) in [4.78, 5) is 12.0. The molecule has 1 aromatic rings. The van der Waals surface area contributed by atoms with Crippen molar-refractivity contribution in [3.05, 3.63) is 28.8 Å². The van der Waals surface area contributed by atoms with Crippen molar-refractivity contribution >= 4 is 29.3 Å². The van der Waals surface area contributed by atoms with Crippen LogP contribution in [0.2, 0.25) is 5.02 Å². The zero-order valence-corrected chi connectivity index (χ0v) is 14.3. The lowest BCUT2D eigenvalue weighted by Gasteiger charge is -2.05. The van der Waals surface area contributed by atoms with Crippen LogP contribution in [0.15, 0.2) is 23.1 Å². The van der Waals surface area contributed by atoms with Crippen LogP contribution in [0.3, 0.4) is 0 Å². The maximum atomic E-state index is 11.0. The number of thioether (sulfide) groups is 1. The zero-order chi connectivity index (χ0) is 15.5. The Bertz CT molecular complexity index is 435. The van der Waals surface area contributed by atoms with Crippen LogP contribution in [0.1, 0.15) is 68.6 Å². The maximum absolute atomic E-state index is 11.0. The highest BCUT2D eigenvalue weighted by Gasteiger charge is 2.09. The summed E-state index contributed by atoms with van der Waals surface area (Å²) in [5.74, 6) is 0.0740. The number of benzene rings is 1. The number of carbonyl (C=O) groups is 1. The first-order valence-corrected chi connectivity index (χ1v) is 9.17. The third kappa shape index (κ3) is 7.77. The summed E-state index contributed by atoms with van der Waals surface area (Å²) in [6, 6.07) is 5.23. The quantitative estimate of drug-likeness (QED) is 0.384. The van der Waals surface area contributed by atoms with Gasteiger partial charge in [0.25, 0.3) is 0 Å². The average molecular weight is 329 g/mol. The first kappa shape index (κ1) is 18.4. The van der Waals surface area contributed by atoms with Crippen LogP contribution < -0.4 is 0 Å². The number of halogens is 1. The van der Waals surface area contributed by atoms with E-state index in [2.05, 4.69) is 6.92 Å². The molecular formula is C17H25ClO2S. The number of unbranched alkanes of at least 4 members (excludes halogenated alkanes) is 7. The highest BCUT2D eigenvalue weighted by molar-refractivity contribution is 7.99. The van der Waals surface area contributed by atoms with E-state index in [4.69, 9.17) is 16.7 Å². The lowest BCUT2D eigenvalue weighted by atomic mass is 10.1. The standard InChI is InChI=1S/C17H25ClO2S/c1-2-3-4-5-6-7-8-9-12-21-14-10-11-16(18)15(13-14)17(19)20/h10-11,13H,2-9,12H2,1H3,(H,19,20). The van der Waals surface area contributed by atoms with Crippen molar-refractivity contribution in [1.29, 1.82) is 0 Å². The molecule has 0 aliphatic rings. The molecule has 118 valence electrons. The van der Waals surface area contributed by atoms with Crippen molar-refractivity contribution < 1.29 is 9.90 Å². The van der Waals surface area contributed by atoms with Gasteiger partial charge in [-0.1, -0.05) is 63.5 Å². The largest absolute Gasteiger partial charge is 0.478 e. The molecule has 1 N–H and O–H groups in total. The van der Waals surface area contributed by atoms with Gasteiger partial charge in [0.1, 0.15) is 0 Å². The molecule has 0 atom stereocenters. The summed E-state index contributed by atoms with van der Waals surface area (Å²) >= 11 is 7.57. The van der Waals surface area contributed by atoms with Crippen LogP contribution in [0.25, 0.3) is 0 Å². The number of hydrogen-bond donors (Lipinski definition) is 1. The van der Waals surface area contributed by atoms with E-state index in [9.17, 15) is 4.79 Å². The fraction of sp³-hybridized carbons (Fsp3) is 0.588. The Labute approximate surface area is 137 Å². The van der Waals surface area contributed by atoms with E-state index in [-0.39, 0.29) is 5.56 Å². The number of rotatable bonds is 11. The normalized spacial score (nSPS) is 10.8. The molecule has 4 heteroatoms. The minimum absolute atomic E-state index is 0.192. The third-order valence-corrected chi connectivity index (χ3v) is 4.84. The molecule has 0 aromatic heterocycles. The van der Waals surface area contributed by atoms with E-state index >= 15 is 0 Å². The molecule has 0 aliphatic carbocycles. The summed E-state index contributed by atoms with van der Waals surface area (Å²) in [7, 11) is 0. The van der Waals surface area contributed by atoms with Gasteiger partial charge in [-0.3, -0.25) is 0 Å². The Kier molecular flexibility index (Phi) is 9.60. The van der Waals surface area contributed by atoms with Gasteiger partial charge in [-0.2, -0.15) is 0 Å². The van der Waals surface area contributed by atoms with Crippen molar-refractivity contribution in [2.75, 3.05) is 5.75 Å². The van der Waals surface area contributed by atoms with E-state index in [0.717, 1.165) is 10.6 Å². The molecule has 2 nitrogen and oxygen atoms in total. The van der Waals surface area contributed by atoms with E-state index in [1.54, 1.807) is 23.9 Å². The smallest absolute Gasteiger partial charge is 0.337 e. The van der Waals surface area contributed by atoms with E-state index in [0.29, 0.717) is 5.02 Å². The minimum atomic E-state index is -0.963. The SMILES string of the molecule is CCCCCCCCCCSc1ccc(Cl)c(C(=O)O)c1. The van der Waals surface area contributed by atoms with Crippen molar-refractivity contribution in [1.82, 2.24) is 0 Å². The molecule has 1 rings (SSSR count). The van der Waals surface area contributed by atoms with E-state index in [1.807, 2.05) is 6.07 Å². The van der Waals surface area contributed by atoms with E-state index in [1.165, 1.54) is 51.4 Å². The summed E-state index contributed by atoms with van der Waals surface area (Å²) in [5.41, 5.74) is 0.192. The van der Waals surface area contributed by atoms with Crippen LogP contribution in [0, 0.1) is 0 Å². The van der Waals surface area contributed by atoms with Gasteiger partial charge in [-0.15, -0.1) is 11.8 Å². The number of carboxylic acid groups (broad SMARTS) is 1. The molecule has 0 saturated heterocycles. The highest BCUT2D eigenvalue weighted by Crippen LogP contribution is 2.25. The Hall–Kier alpha value is -0.670. The first-order valence-electron chi connectivity index (χ1n) is 7.80. The van der Waals surface area contributed by atoms with Gasteiger partial charge in [0.05, 0.1) is 10.6 Å². The average Bonchev–Trinajstić information content (AvgIpc) is 2.47. The maximum Gasteiger partial charge on any atom is 0.337 e. The molecule has 0 radical (unpaired) electrons. The van der Waals surface area contributed by atoms with Crippen LogP contribution >= 0.6 is 23.4 Å². The molecule has 0 bridgehead atoms. The number of aromatic carboxylic acids is 1. The molecule has 0 fully saturated rings. The lowest BCUT2D eigenvalue weighted by Crippen LogP contribution is -1.97.